The van der Waals surface area contributed by atoms with Crippen LogP contribution in [0.5, 0.6) is 0 Å². The number of aliphatic hydroxyl groups is 1. The van der Waals surface area contributed by atoms with Gasteiger partial charge in [-0.25, -0.2) is 4.98 Å². The Morgan fingerprint density at radius 1 is 1.19 bits per heavy atom. The molecule has 27 heavy (non-hydrogen) atoms. The van der Waals surface area contributed by atoms with Crippen LogP contribution in [0.3, 0.4) is 0 Å². The van der Waals surface area contributed by atoms with E-state index in [0.717, 1.165) is 15.2 Å². The van der Waals surface area contributed by atoms with E-state index < -0.39 is 5.60 Å². The first kappa shape index (κ1) is 19.8. The Bertz CT molecular complexity index is 1080. The standard InChI is InChI=1S/C21H26BrN3O2/c1-11(20(2,3)4)24-18-13-8-7-12(22)9-14(13)16-17(25-18)15(21(5,6)27)10-23-19(16)26/h7-11,27H,1-6H3,(H,23,26)(H,24,25). The zero-order valence-corrected chi connectivity index (χ0v) is 18.2. The van der Waals surface area contributed by atoms with E-state index in [1.807, 2.05) is 18.2 Å². The Balaban J connectivity index is 2.43. The van der Waals surface area contributed by atoms with Crippen molar-refractivity contribution < 1.29 is 5.11 Å². The molecule has 0 spiro atoms. The molecule has 3 N–H and O–H groups in total. The summed E-state index contributed by atoms with van der Waals surface area (Å²) in [6.07, 6.45) is 1.55. The molecule has 0 aliphatic rings. The molecule has 0 fully saturated rings. The van der Waals surface area contributed by atoms with Gasteiger partial charge >= 0.3 is 0 Å². The Kier molecular flexibility index (Phi) is 4.85. The van der Waals surface area contributed by atoms with Crippen molar-refractivity contribution in [1.82, 2.24) is 9.97 Å². The van der Waals surface area contributed by atoms with Gasteiger partial charge in [0.25, 0.3) is 5.56 Å². The number of benzene rings is 1. The summed E-state index contributed by atoms with van der Waals surface area (Å²) in [5.41, 5.74) is -0.219. The summed E-state index contributed by atoms with van der Waals surface area (Å²) in [6.45, 7) is 12.0. The smallest absolute Gasteiger partial charge is 0.258 e. The van der Waals surface area contributed by atoms with E-state index in [1.165, 1.54) is 0 Å². The molecule has 1 aromatic carbocycles. The predicted molar refractivity (Wildman–Crippen MR) is 115 cm³/mol. The van der Waals surface area contributed by atoms with Crippen molar-refractivity contribution >= 4 is 43.4 Å². The minimum Gasteiger partial charge on any atom is -0.386 e. The molecule has 1 atom stereocenters. The maximum absolute atomic E-state index is 12.7. The highest BCUT2D eigenvalue weighted by molar-refractivity contribution is 9.10. The van der Waals surface area contributed by atoms with E-state index in [9.17, 15) is 9.90 Å². The fourth-order valence-electron chi connectivity index (χ4n) is 2.99. The first-order chi connectivity index (χ1) is 12.4. The summed E-state index contributed by atoms with van der Waals surface area (Å²) < 4.78 is 0.880. The average Bonchev–Trinajstić information content (AvgIpc) is 2.52. The summed E-state index contributed by atoms with van der Waals surface area (Å²) >= 11 is 3.51. The highest BCUT2D eigenvalue weighted by atomic mass is 79.9. The van der Waals surface area contributed by atoms with Gasteiger partial charge in [0.15, 0.2) is 0 Å². The van der Waals surface area contributed by atoms with Crippen molar-refractivity contribution in [2.75, 3.05) is 5.32 Å². The van der Waals surface area contributed by atoms with E-state index in [0.29, 0.717) is 22.3 Å². The number of aromatic nitrogens is 2. The summed E-state index contributed by atoms with van der Waals surface area (Å²) in [5, 5.41) is 16.3. The van der Waals surface area contributed by atoms with Gasteiger partial charge in [-0.3, -0.25) is 4.79 Å². The fraction of sp³-hybridized carbons (Fsp3) is 0.429. The van der Waals surface area contributed by atoms with E-state index in [1.54, 1.807) is 20.0 Å². The minimum absolute atomic E-state index is 0.0333. The number of anilines is 1. The number of aromatic amines is 1. The van der Waals surface area contributed by atoms with Crippen molar-refractivity contribution in [1.29, 1.82) is 0 Å². The first-order valence-electron chi connectivity index (χ1n) is 9.03. The van der Waals surface area contributed by atoms with Gasteiger partial charge < -0.3 is 15.4 Å². The second-order valence-corrected chi connectivity index (χ2v) is 9.61. The zero-order valence-electron chi connectivity index (χ0n) is 16.6. The number of hydrogen-bond donors (Lipinski definition) is 3. The van der Waals surface area contributed by atoms with Crippen LogP contribution in [0.4, 0.5) is 5.82 Å². The Morgan fingerprint density at radius 2 is 1.85 bits per heavy atom. The molecule has 6 heteroatoms. The van der Waals surface area contributed by atoms with Gasteiger partial charge in [0.1, 0.15) is 5.82 Å². The lowest BCUT2D eigenvalue weighted by Crippen LogP contribution is -2.31. The lowest BCUT2D eigenvalue weighted by atomic mass is 9.88. The third kappa shape index (κ3) is 3.73. The molecule has 0 bridgehead atoms. The number of rotatable bonds is 3. The molecule has 2 aromatic heterocycles. The Morgan fingerprint density at radius 3 is 2.44 bits per heavy atom. The third-order valence-corrected chi connectivity index (χ3v) is 5.60. The Hall–Kier alpha value is -1.92. The fourth-order valence-corrected chi connectivity index (χ4v) is 3.35. The first-order valence-corrected chi connectivity index (χ1v) is 9.83. The monoisotopic (exact) mass is 431 g/mol. The van der Waals surface area contributed by atoms with Crippen molar-refractivity contribution in [2.24, 2.45) is 5.41 Å². The number of nitrogens with one attached hydrogen (secondary N) is 2. The van der Waals surface area contributed by atoms with Gasteiger partial charge in [-0.05, 0) is 44.4 Å². The quantitative estimate of drug-likeness (QED) is 0.514. The molecule has 2 heterocycles. The van der Waals surface area contributed by atoms with Crippen LogP contribution < -0.4 is 10.9 Å². The molecular weight excluding hydrogens is 406 g/mol. The van der Waals surface area contributed by atoms with Crippen molar-refractivity contribution in [3.05, 3.63) is 44.8 Å². The number of hydrogen-bond acceptors (Lipinski definition) is 4. The van der Waals surface area contributed by atoms with Crippen LogP contribution in [0.15, 0.2) is 33.7 Å². The summed E-state index contributed by atoms with van der Waals surface area (Å²) in [5.74, 6) is 0.712. The van der Waals surface area contributed by atoms with Crippen LogP contribution in [-0.2, 0) is 5.60 Å². The molecule has 3 rings (SSSR count). The normalized spacial score (nSPS) is 13.9. The molecule has 0 saturated carbocycles. The van der Waals surface area contributed by atoms with Gasteiger partial charge in [-0.1, -0.05) is 36.7 Å². The maximum atomic E-state index is 12.7. The van der Waals surface area contributed by atoms with Gasteiger partial charge in [-0.2, -0.15) is 0 Å². The van der Waals surface area contributed by atoms with Crippen LogP contribution >= 0.6 is 15.9 Å². The van der Waals surface area contributed by atoms with Crippen LogP contribution in [0.25, 0.3) is 21.7 Å². The van der Waals surface area contributed by atoms with Gasteiger partial charge in [0, 0.05) is 33.0 Å². The molecule has 0 amide bonds. The number of pyridine rings is 2. The summed E-state index contributed by atoms with van der Waals surface area (Å²) in [6, 6.07) is 5.98. The predicted octanol–water partition coefficient (Wildman–Crippen LogP) is 4.91. The summed E-state index contributed by atoms with van der Waals surface area (Å²) in [7, 11) is 0. The highest BCUT2D eigenvalue weighted by Gasteiger charge is 2.25. The molecule has 0 aliphatic carbocycles. The molecule has 1 unspecified atom stereocenters. The Labute approximate surface area is 167 Å². The van der Waals surface area contributed by atoms with E-state index in [-0.39, 0.29) is 17.0 Å². The lowest BCUT2D eigenvalue weighted by Gasteiger charge is -2.29. The molecule has 0 saturated heterocycles. The molecule has 3 aromatic rings. The summed E-state index contributed by atoms with van der Waals surface area (Å²) in [4.78, 5) is 20.2. The van der Waals surface area contributed by atoms with Crippen LogP contribution in [0.1, 0.15) is 47.1 Å². The third-order valence-electron chi connectivity index (χ3n) is 5.11. The number of nitrogens with zero attached hydrogens (tertiary/aromatic N) is 1. The van der Waals surface area contributed by atoms with Crippen LogP contribution in [-0.4, -0.2) is 21.1 Å². The van der Waals surface area contributed by atoms with Crippen molar-refractivity contribution in [3.8, 4) is 0 Å². The molecule has 0 aliphatic heterocycles. The second-order valence-electron chi connectivity index (χ2n) is 8.70. The highest BCUT2D eigenvalue weighted by Crippen LogP contribution is 2.35. The van der Waals surface area contributed by atoms with Crippen LogP contribution in [0.2, 0.25) is 0 Å². The van der Waals surface area contributed by atoms with Gasteiger partial charge in [0.05, 0.1) is 16.5 Å². The van der Waals surface area contributed by atoms with E-state index in [4.69, 9.17) is 4.98 Å². The molecule has 144 valence electrons. The zero-order chi connectivity index (χ0) is 20.1. The van der Waals surface area contributed by atoms with Crippen LogP contribution in [0, 0.1) is 5.41 Å². The number of H-pyrrole nitrogens is 1. The SMILES string of the molecule is CC(Nc1nc2c(C(C)(C)O)c[nH]c(=O)c2c2cc(Br)ccc12)C(C)(C)C. The van der Waals surface area contributed by atoms with E-state index >= 15 is 0 Å². The van der Waals surface area contributed by atoms with Crippen molar-refractivity contribution in [3.63, 3.8) is 0 Å². The molecular formula is C21H26BrN3O2. The minimum atomic E-state index is -1.14. The molecule has 0 radical (unpaired) electrons. The second kappa shape index (κ2) is 6.60. The maximum Gasteiger partial charge on any atom is 0.258 e. The topological polar surface area (TPSA) is 78.0 Å². The average molecular weight is 432 g/mol. The lowest BCUT2D eigenvalue weighted by molar-refractivity contribution is 0.0796. The van der Waals surface area contributed by atoms with E-state index in [2.05, 4.69) is 53.9 Å². The number of halogens is 1. The largest absolute Gasteiger partial charge is 0.386 e. The number of fused-ring (bicyclic) bond motifs is 3. The van der Waals surface area contributed by atoms with Gasteiger partial charge in [-0.15, -0.1) is 0 Å². The molecule has 5 nitrogen and oxygen atoms in total. The van der Waals surface area contributed by atoms with Crippen molar-refractivity contribution in [2.45, 2.75) is 53.2 Å². The van der Waals surface area contributed by atoms with Gasteiger partial charge in [0.2, 0.25) is 0 Å².